The molecule has 1 amide bonds. The molecule has 1 aromatic carbocycles. The molecule has 0 bridgehead atoms. The highest BCUT2D eigenvalue weighted by atomic mass is 19.4. The van der Waals surface area contributed by atoms with Gasteiger partial charge < -0.3 is 9.47 Å². The third-order valence-electron chi connectivity index (χ3n) is 5.03. The fourth-order valence-electron chi connectivity index (χ4n) is 3.40. The summed E-state index contributed by atoms with van der Waals surface area (Å²) >= 11 is 0. The monoisotopic (exact) mass is 391 g/mol. The van der Waals surface area contributed by atoms with Crippen LogP contribution in [0.4, 0.5) is 17.6 Å². The number of benzene rings is 1. The van der Waals surface area contributed by atoms with E-state index in [-0.39, 0.29) is 23.6 Å². The first kappa shape index (κ1) is 18.5. The van der Waals surface area contributed by atoms with Gasteiger partial charge in [-0.25, -0.2) is 4.39 Å². The minimum atomic E-state index is -4.78. The highest BCUT2D eigenvalue weighted by molar-refractivity contribution is 5.86. The minimum Gasteiger partial charge on any atom is -0.341 e. The average molecular weight is 391 g/mol. The van der Waals surface area contributed by atoms with Crippen molar-refractivity contribution in [1.29, 1.82) is 0 Å². The zero-order chi connectivity index (χ0) is 20.1. The van der Waals surface area contributed by atoms with Gasteiger partial charge in [0.15, 0.2) is 0 Å². The molecule has 0 radical (unpaired) electrons. The fourth-order valence-corrected chi connectivity index (χ4v) is 3.40. The topological polar surface area (TPSA) is 38.1 Å². The smallest absolute Gasteiger partial charge is 0.341 e. The van der Waals surface area contributed by atoms with Gasteiger partial charge in [0.25, 0.3) is 0 Å². The van der Waals surface area contributed by atoms with Gasteiger partial charge in [0.05, 0.1) is 16.6 Å². The number of carbonyl (C=O) groups excluding carboxylic acids is 1. The van der Waals surface area contributed by atoms with Crippen molar-refractivity contribution in [2.75, 3.05) is 13.1 Å². The summed E-state index contributed by atoms with van der Waals surface area (Å²) in [7, 11) is 0. The summed E-state index contributed by atoms with van der Waals surface area (Å²) in [5.74, 6) is -1.36. The first-order chi connectivity index (χ1) is 13.3. The molecule has 1 aliphatic heterocycles. The van der Waals surface area contributed by atoms with Crippen molar-refractivity contribution < 1.29 is 22.4 Å². The van der Waals surface area contributed by atoms with Crippen molar-refractivity contribution in [2.45, 2.75) is 26.1 Å². The lowest BCUT2D eigenvalue weighted by Crippen LogP contribution is -2.43. The van der Waals surface area contributed by atoms with Crippen molar-refractivity contribution >= 4 is 16.9 Å². The van der Waals surface area contributed by atoms with Crippen molar-refractivity contribution in [2.24, 2.45) is 0 Å². The van der Waals surface area contributed by atoms with Crippen molar-refractivity contribution in [3.8, 4) is 11.1 Å². The maximum Gasteiger partial charge on any atom is 0.419 e. The standard InChI is InChI=1S/C20H17F4N3O/c1-12-10-27(11-17(28)26-6-3-7-26)16-8-13(9-25-19(12)16)14-4-2-5-15(18(14)21)20(22,23)24/h2,4-5,8-10H,3,6-7,11H2,1H3. The van der Waals surface area contributed by atoms with Crippen LogP contribution in [-0.4, -0.2) is 33.4 Å². The lowest BCUT2D eigenvalue weighted by atomic mass is 10.0. The second kappa shape index (κ2) is 6.61. The third-order valence-corrected chi connectivity index (χ3v) is 5.03. The Hall–Kier alpha value is -2.90. The minimum absolute atomic E-state index is 0.0289. The highest BCUT2D eigenvalue weighted by Crippen LogP contribution is 2.36. The quantitative estimate of drug-likeness (QED) is 0.621. The number of aromatic nitrogens is 2. The van der Waals surface area contributed by atoms with Gasteiger partial charge in [0.2, 0.25) is 5.91 Å². The van der Waals surface area contributed by atoms with Gasteiger partial charge >= 0.3 is 6.18 Å². The molecule has 3 heterocycles. The molecule has 0 saturated carbocycles. The number of carbonyl (C=O) groups is 1. The number of pyridine rings is 1. The number of hydrogen-bond acceptors (Lipinski definition) is 2. The zero-order valence-corrected chi connectivity index (χ0v) is 15.1. The van der Waals surface area contributed by atoms with E-state index in [0.29, 0.717) is 17.1 Å². The van der Waals surface area contributed by atoms with Crippen molar-refractivity contribution in [1.82, 2.24) is 14.5 Å². The molecular weight excluding hydrogens is 374 g/mol. The maximum absolute atomic E-state index is 14.5. The molecule has 28 heavy (non-hydrogen) atoms. The molecule has 4 rings (SSSR count). The Morgan fingerprint density at radius 3 is 2.64 bits per heavy atom. The van der Waals surface area contributed by atoms with Crippen LogP contribution in [0, 0.1) is 12.7 Å². The van der Waals surface area contributed by atoms with E-state index in [1.54, 1.807) is 21.7 Å². The van der Waals surface area contributed by atoms with Crippen LogP contribution in [0.3, 0.4) is 0 Å². The van der Waals surface area contributed by atoms with Crippen molar-refractivity contribution in [3.63, 3.8) is 0 Å². The van der Waals surface area contributed by atoms with E-state index in [2.05, 4.69) is 4.98 Å². The number of likely N-dealkylation sites (tertiary alicyclic amines) is 1. The Morgan fingerprint density at radius 2 is 2.00 bits per heavy atom. The van der Waals surface area contributed by atoms with Gasteiger partial charge in [-0.15, -0.1) is 0 Å². The molecule has 0 unspecified atom stereocenters. The molecule has 0 N–H and O–H groups in total. The maximum atomic E-state index is 14.5. The van der Waals surface area contributed by atoms with E-state index >= 15 is 0 Å². The molecule has 3 aromatic rings. The number of alkyl halides is 3. The van der Waals surface area contributed by atoms with Gasteiger partial charge in [0, 0.05) is 36.6 Å². The molecule has 0 atom stereocenters. The van der Waals surface area contributed by atoms with Crippen LogP contribution in [0.25, 0.3) is 22.2 Å². The summed E-state index contributed by atoms with van der Waals surface area (Å²) in [6.45, 7) is 3.41. The molecule has 4 nitrogen and oxygen atoms in total. The van der Waals surface area contributed by atoms with Crippen LogP contribution in [0.15, 0.2) is 36.7 Å². The number of aryl methyl sites for hydroxylation is 1. The van der Waals surface area contributed by atoms with Crippen LogP contribution in [0.5, 0.6) is 0 Å². The summed E-state index contributed by atoms with van der Waals surface area (Å²) < 4.78 is 55.3. The summed E-state index contributed by atoms with van der Waals surface area (Å²) in [5, 5.41) is 0. The number of amides is 1. The Kier molecular flexibility index (Phi) is 4.36. The van der Waals surface area contributed by atoms with E-state index in [9.17, 15) is 22.4 Å². The molecule has 2 aromatic heterocycles. The molecule has 0 spiro atoms. The van der Waals surface area contributed by atoms with Gasteiger partial charge in [-0.05, 0) is 31.0 Å². The van der Waals surface area contributed by atoms with Crippen LogP contribution in [0.1, 0.15) is 17.5 Å². The molecule has 1 saturated heterocycles. The Labute approximate surface area is 158 Å². The predicted molar refractivity (Wildman–Crippen MR) is 96.1 cm³/mol. The Bertz CT molecular complexity index is 1070. The average Bonchev–Trinajstić information content (AvgIpc) is 2.87. The summed E-state index contributed by atoms with van der Waals surface area (Å²) in [4.78, 5) is 18.4. The molecule has 1 aliphatic rings. The Morgan fingerprint density at radius 1 is 1.25 bits per heavy atom. The van der Waals surface area contributed by atoms with Crippen LogP contribution < -0.4 is 0 Å². The van der Waals surface area contributed by atoms with Gasteiger partial charge in [-0.2, -0.15) is 13.2 Å². The van der Waals surface area contributed by atoms with E-state index < -0.39 is 17.6 Å². The molecule has 146 valence electrons. The van der Waals surface area contributed by atoms with Crippen LogP contribution in [0.2, 0.25) is 0 Å². The van der Waals surface area contributed by atoms with Gasteiger partial charge in [0.1, 0.15) is 12.4 Å². The van der Waals surface area contributed by atoms with E-state index in [0.717, 1.165) is 25.1 Å². The number of nitrogens with zero attached hydrogens (tertiary/aromatic N) is 3. The van der Waals surface area contributed by atoms with Gasteiger partial charge in [-0.1, -0.05) is 12.1 Å². The first-order valence-electron chi connectivity index (χ1n) is 8.85. The van der Waals surface area contributed by atoms with Gasteiger partial charge in [-0.3, -0.25) is 9.78 Å². The lowest BCUT2D eigenvalue weighted by Gasteiger charge is -2.31. The van der Waals surface area contributed by atoms with E-state index in [4.69, 9.17) is 0 Å². The summed E-state index contributed by atoms with van der Waals surface area (Å²) in [5.41, 5.74) is 0.788. The fraction of sp³-hybridized carbons (Fsp3) is 0.300. The number of fused-ring (bicyclic) bond motifs is 1. The number of rotatable bonds is 3. The normalized spacial score (nSPS) is 14.4. The number of halogens is 4. The molecule has 8 heteroatoms. The van der Waals surface area contributed by atoms with Crippen LogP contribution >= 0.6 is 0 Å². The predicted octanol–water partition coefficient (Wildman–Crippen LogP) is 4.40. The third kappa shape index (κ3) is 3.12. The second-order valence-corrected chi connectivity index (χ2v) is 6.93. The summed E-state index contributed by atoms with van der Waals surface area (Å²) in [6.07, 6.45) is -0.660. The zero-order valence-electron chi connectivity index (χ0n) is 15.1. The first-order valence-corrected chi connectivity index (χ1v) is 8.85. The lowest BCUT2D eigenvalue weighted by molar-refractivity contribution is -0.140. The molecule has 1 fully saturated rings. The summed E-state index contributed by atoms with van der Waals surface area (Å²) in [6, 6.07) is 4.75. The van der Waals surface area contributed by atoms with Crippen molar-refractivity contribution in [3.05, 3.63) is 53.6 Å². The molecule has 0 aliphatic carbocycles. The molecular formula is C20H17F4N3O. The number of hydrogen-bond donors (Lipinski definition) is 0. The van der Waals surface area contributed by atoms with Crippen LogP contribution in [-0.2, 0) is 17.5 Å². The second-order valence-electron chi connectivity index (χ2n) is 6.93. The van der Waals surface area contributed by atoms with E-state index in [1.807, 2.05) is 6.92 Å². The highest BCUT2D eigenvalue weighted by Gasteiger charge is 2.35. The van der Waals surface area contributed by atoms with E-state index in [1.165, 1.54) is 18.3 Å². The Balaban J connectivity index is 1.77. The largest absolute Gasteiger partial charge is 0.419 e. The SMILES string of the molecule is Cc1cn(CC(=O)N2CCC2)c2cc(-c3cccc(C(F)(F)F)c3F)cnc12.